The van der Waals surface area contributed by atoms with Crippen LogP contribution in [0.15, 0.2) is 59.9 Å². The van der Waals surface area contributed by atoms with Crippen molar-refractivity contribution < 1.29 is 14.3 Å². The van der Waals surface area contributed by atoms with Gasteiger partial charge in [0.15, 0.2) is 0 Å². The van der Waals surface area contributed by atoms with E-state index in [0.29, 0.717) is 11.0 Å². The number of benzene rings is 1. The molecular formula is C13H13N2O3PS. The van der Waals surface area contributed by atoms with Gasteiger partial charge in [-0.25, -0.2) is 0 Å². The van der Waals surface area contributed by atoms with E-state index in [1.54, 1.807) is 48.7 Å². The molecule has 1 aromatic carbocycles. The van der Waals surface area contributed by atoms with Gasteiger partial charge < -0.3 is 14.3 Å². The molecule has 0 spiro atoms. The van der Waals surface area contributed by atoms with Crippen molar-refractivity contribution in [1.29, 1.82) is 0 Å². The van der Waals surface area contributed by atoms with Crippen LogP contribution in [0.3, 0.4) is 0 Å². The summed E-state index contributed by atoms with van der Waals surface area (Å²) in [5.74, 6) is 0.0581. The largest absolute Gasteiger partial charge is 0.417 e. The molecule has 1 atom stereocenters. The Hall–Kier alpha value is -1.75. The molecule has 0 aliphatic carbocycles. The second kappa shape index (κ2) is 6.61. The standard InChI is InChI=1S/C13H13N2O3PS/c1-17-15-13(12-9-5-6-10-14-12)18-19(16,20)11-7-3-2-4-8-11/h2-10H,1H3,(H,16,20). The van der Waals surface area contributed by atoms with Crippen molar-refractivity contribution in [3.05, 3.63) is 60.4 Å². The number of nitrogens with zero attached hydrogens (tertiary/aromatic N) is 2. The normalized spacial score (nSPS) is 14.4. The summed E-state index contributed by atoms with van der Waals surface area (Å²) < 4.78 is 5.49. The first-order valence-corrected chi connectivity index (χ1v) is 8.41. The minimum atomic E-state index is -3.21. The zero-order chi connectivity index (χ0) is 14.4. The van der Waals surface area contributed by atoms with Crippen LogP contribution < -0.4 is 5.30 Å². The molecule has 104 valence electrons. The van der Waals surface area contributed by atoms with Gasteiger partial charge in [-0.05, 0) is 41.2 Å². The quantitative estimate of drug-likeness (QED) is 0.405. The lowest BCUT2D eigenvalue weighted by Gasteiger charge is -2.17. The third kappa shape index (κ3) is 3.63. The number of rotatable bonds is 4. The molecule has 2 aromatic rings. The van der Waals surface area contributed by atoms with Crippen molar-refractivity contribution >= 4 is 29.5 Å². The zero-order valence-corrected chi connectivity index (χ0v) is 12.4. The Labute approximate surface area is 122 Å². The molecule has 0 bridgehead atoms. The Balaban J connectivity index is 2.30. The van der Waals surface area contributed by atoms with Gasteiger partial charge in [0.2, 0.25) is 0 Å². The topological polar surface area (TPSA) is 63.9 Å². The highest BCUT2D eigenvalue weighted by Gasteiger charge is 2.22. The van der Waals surface area contributed by atoms with Gasteiger partial charge in [0, 0.05) is 11.5 Å². The number of oxime groups is 1. The van der Waals surface area contributed by atoms with Gasteiger partial charge in [0.05, 0.1) is 0 Å². The van der Waals surface area contributed by atoms with E-state index in [4.69, 9.17) is 21.2 Å². The number of hydrogen-bond donors (Lipinski definition) is 1. The van der Waals surface area contributed by atoms with Crippen LogP contribution in [0, 0.1) is 0 Å². The van der Waals surface area contributed by atoms with Crippen molar-refractivity contribution in [2.45, 2.75) is 0 Å². The number of hydrogen-bond acceptors (Lipinski definition) is 5. The molecule has 1 heterocycles. The molecule has 2 rings (SSSR count). The highest BCUT2D eigenvalue weighted by atomic mass is 32.5. The van der Waals surface area contributed by atoms with Gasteiger partial charge in [-0.1, -0.05) is 24.3 Å². The first-order chi connectivity index (χ1) is 9.63. The molecule has 0 aliphatic rings. The van der Waals surface area contributed by atoms with E-state index in [1.807, 2.05) is 6.07 Å². The molecule has 5 nitrogen and oxygen atoms in total. The molecule has 7 heteroatoms. The molecule has 0 radical (unpaired) electrons. The maximum absolute atomic E-state index is 10.4. The van der Waals surface area contributed by atoms with Gasteiger partial charge in [-0.15, -0.1) is 0 Å². The minimum Gasteiger partial charge on any atom is -0.417 e. The summed E-state index contributed by atoms with van der Waals surface area (Å²) in [6, 6.07) is 14.1. The highest BCUT2D eigenvalue weighted by molar-refractivity contribution is 8.13. The summed E-state index contributed by atoms with van der Waals surface area (Å²) in [7, 11) is 1.38. The van der Waals surface area contributed by atoms with E-state index in [-0.39, 0.29) is 5.90 Å². The summed E-state index contributed by atoms with van der Waals surface area (Å²) in [6.45, 7) is -3.21. The van der Waals surface area contributed by atoms with E-state index >= 15 is 0 Å². The number of pyridine rings is 1. The van der Waals surface area contributed by atoms with Crippen molar-refractivity contribution in [1.82, 2.24) is 4.98 Å². The van der Waals surface area contributed by atoms with Gasteiger partial charge in [0.25, 0.3) is 12.4 Å². The smallest absolute Gasteiger partial charge is 0.281 e. The van der Waals surface area contributed by atoms with Crippen LogP contribution in [0.25, 0.3) is 0 Å². The van der Waals surface area contributed by atoms with E-state index in [1.165, 1.54) is 7.11 Å². The van der Waals surface area contributed by atoms with E-state index in [2.05, 4.69) is 10.1 Å². The van der Waals surface area contributed by atoms with Crippen LogP contribution in [0.1, 0.15) is 5.69 Å². The fourth-order valence-corrected chi connectivity index (χ4v) is 3.06. The molecule has 0 fully saturated rings. The van der Waals surface area contributed by atoms with Crippen LogP contribution >= 0.6 is 6.49 Å². The van der Waals surface area contributed by atoms with Gasteiger partial charge >= 0.3 is 0 Å². The molecule has 0 saturated carbocycles. The van der Waals surface area contributed by atoms with Crippen molar-refractivity contribution in [3.8, 4) is 0 Å². The Morgan fingerprint density at radius 1 is 1.20 bits per heavy atom. The lowest BCUT2D eigenvalue weighted by atomic mass is 10.3. The summed E-state index contributed by atoms with van der Waals surface area (Å²) >= 11 is 5.18. The molecule has 0 saturated heterocycles. The molecular weight excluding hydrogens is 295 g/mol. The Morgan fingerprint density at radius 2 is 1.90 bits per heavy atom. The van der Waals surface area contributed by atoms with Crippen LogP contribution in [0.2, 0.25) is 0 Å². The molecule has 1 N–H and O–H groups in total. The third-order valence-electron chi connectivity index (χ3n) is 2.35. The first kappa shape index (κ1) is 14.7. The zero-order valence-electron chi connectivity index (χ0n) is 10.7. The van der Waals surface area contributed by atoms with Crippen molar-refractivity contribution in [2.75, 3.05) is 7.11 Å². The van der Waals surface area contributed by atoms with Crippen molar-refractivity contribution in [3.63, 3.8) is 0 Å². The van der Waals surface area contributed by atoms with Crippen LogP contribution in [0.4, 0.5) is 0 Å². The molecule has 20 heavy (non-hydrogen) atoms. The lowest BCUT2D eigenvalue weighted by Crippen LogP contribution is -2.13. The van der Waals surface area contributed by atoms with Crippen LogP contribution in [-0.2, 0) is 21.2 Å². The summed E-state index contributed by atoms with van der Waals surface area (Å²) in [5.41, 5.74) is 0.438. The average Bonchev–Trinajstić information content (AvgIpc) is 2.48. The fourth-order valence-electron chi connectivity index (χ4n) is 1.47. The maximum Gasteiger partial charge on any atom is 0.281 e. The predicted octanol–water partition coefficient (Wildman–Crippen LogP) is 2.03. The highest BCUT2D eigenvalue weighted by Crippen LogP contribution is 2.41. The Kier molecular flexibility index (Phi) is 4.84. The second-order valence-corrected chi connectivity index (χ2v) is 6.97. The van der Waals surface area contributed by atoms with E-state index < -0.39 is 6.49 Å². The predicted molar refractivity (Wildman–Crippen MR) is 81.4 cm³/mol. The first-order valence-electron chi connectivity index (χ1n) is 5.74. The third-order valence-corrected chi connectivity index (χ3v) is 4.58. The van der Waals surface area contributed by atoms with Gasteiger partial charge in [-0.3, -0.25) is 4.98 Å². The SMILES string of the molecule is CON=C(OP(O)(=S)c1ccccc1)c1ccccn1. The van der Waals surface area contributed by atoms with Gasteiger partial charge in [-0.2, -0.15) is 0 Å². The van der Waals surface area contributed by atoms with E-state index in [0.717, 1.165) is 0 Å². The molecule has 1 aromatic heterocycles. The van der Waals surface area contributed by atoms with Gasteiger partial charge in [0.1, 0.15) is 12.8 Å². The fraction of sp³-hybridized carbons (Fsp3) is 0.0769. The van der Waals surface area contributed by atoms with E-state index in [9.17, 15) is 4.89 Å². The Bertz CT molecular complexity index is 635. The molecule has 0 aliphatic heterocycles. The Morgan fingerprint density at radius 3 is 2.50 bits per heavy atom. The maximum atomic E-state index is 10.4. The average molecular weight is 308 g/mol. The molecule has 0 amide bonds. The van der Waals surface area contributed by atoms with Crippen molar-refractivity contribution in [2.24, 2.45) is 5.16 Å². The molecule has 1 unspecified atom stereocenters. The lowest BCUT2D eigenvalue weighted by molar-refractivity contribution is 0.206. The van der Waals surface area contributed by atoms with Crippen LogP contribution in [-0.4, -0.2) is 22.9 Å². The summed E-state index contributed by atoms with van der Waals surface area (Å²) in [4.78, 5) is 19.2. The number of aromatic nitrogens is 1. The second-order valence-electron chi connectivity index (χ2n) is 3.74. The van der Waals surface area contributed by atoms with Crippen LogP contribution in [0.5, 0.6) is 0 Å². The summed E-state index contributed by atoms with van der Waals surface area (Å²) in [6.07, 6.45) is 1.59. The minimum absolute atomic E-state index is 0.0581. The monoisotopic (exact) mass is 308 g/mol. The summed E-state index contributed by atoms with van der Waals surface area (Å²) in [5, 5.41) is 4.27.